The number of ketones is 1. The first-order valence-corrected chi connectivity index (χ1v) is 6.38. The lowest BCUT2D eigenvalue weighted by Gasteiger charge is -2.09. The Balaban J connectivity index is 2.07. The Kier molecular flexibility index (Phi) is 4.16. The summed E-state index contributed by atoms with van der Waals surface area (Å²) < 4.78 is 0. The summed E-state index contributed by atoms with van der Waals surface area (Å²) >= 11 is 6.21. The van der Waals surface area contributed by atoms with Gasteiger partial charge in [-0.25, -0.2) is 0 Å². The summed E-state index contributed by atoms with van der Waals surface area (Å²) in [7, 11) is 0. The Labute approximate surface area is 112 Å². The summed E-state index contributed by atoms with van der Waals surface area (Å²) in [5.41, 5.74) is 3.03. The van der Waals surface area contributed by atoms with Gasteiger partial charge in [0, 0.05) is 6.42 Å². The Morgan fingerprint density at radius 1 is 1.06 bits per heavy atom. The van der Waals surface area contributed by atoms with Crippen molar-refractivity contribution in [2.45, 2.75) is 18.7 Å². The van der Waals surface area contributed by atoms with Gasteiger partial charge in [0.15, 0.2) is 5.78 Å². The molecule has 0 saturated heterocycles. The van der Waals surface area contributed by atoms with E-state index in [0.717, 1.165) is 16.7 Å². The van der Waals surface area contributed by atoms with E-state index in [-0.39, 0.29) is 5.78 Å². The molecule has 0 N–H and O–H groups in total. The van der Waals surface area contributed by atoms with E-state index in [1.54, 1.807) is 0 Å². The van der Waals surface area contributed by atoms with Crippen LogP contribution < -0.4 is 0 Å². The van der Waals surface area contributed by atoms with E-state index in [4.69, 9.17) is 11.6 Å². The van der Waals surface area contributed by atoms with Crippen LogP contribution in [-0.4, -0.2) is 5.78 Å². The minimum Gasteiger partial charge on any atom is -0.297 e. The maximum Gasteiger partial charge on any atom is 0.159 e. The molecule has 0 saturated carbocycles. The van der Waals surface area contributed by atoms with Crippen LogP contribution in [0.3, 0.4) is 0 Å². The summed E-state index contributed by atoms with van der Waals surface area (Å²) in [5, 5.41) is -0.564. The molecule has 0 amide bonds. The number of alkyl halides is 1. The first-order valence-electron chi connectivity index (χ1n) is 5.94. The van der Waals surface area contributed by atoms with Crippen molar-refractivity contribution in [3.8, 4) is 0 Å². The molecule has 92 valence electrons. The van der Waals surface area contributed by atoms with Crippen molar-refractivity contribution in [1.29, 1.82) is 0 Å². The predicted molar refractivity (Wildman–Crippen MR) is 74.9 cm³/mol. The average molecular weight is 259 g/mol. The SMILES string of the molecule is Cc1ccc(C(Cl)C(=O)Cc2ccccc2)cc1. The van der Waals surface area contributed by atoms with Crippen LogP contribution in [0.25, 0.3) is 0 Å². The number of hydrogen-bond donors (Lipinski definition) is 0. The van der Waals surface area contributed by atoms with Gasteiger partial charge in [0.25, 0.3) is 0 Å². The van der Waals surface area contributed by atoms with Gasteiger partial charge in [-0.15, -0.1) is 11.6 Å². The van der Waals surface area contributed by atoms with Crippen LogP contribution in [0.4, 0.5) is 0 Å². The number of benzene rings is 2. The number of Topliss-reactive ketones (excluding diaryl/α,β-unsaturated/α-hetero) is 1. The molecule has 2 rings (SSSR count). The minimum absolute atomic E-state index is 0.0340. The van der Waals surface area contributed by atoms with E-state index in [1.807, 2.05) is 61.5 Å². The Hall–Kier alpha value is -1.60. The van der Waals surface area contributed by atoms with Crippen molar-refractivity contribution >= 4 is 17.4 Å². The monoisotopic (exact) mass is 258 g/mol. The highest BCUT2D eigenvalue weighted by atomic mass is 35.5. The Morgan fingerprint density at radius 2 is 1.67 bits per heavy atom. The molecular formula is C16H15ClO. The first kappa shape index (κ1) is 12.8. The number of halogens is 1. The van der Waals surface area contributed by atoms with Gasteiger partial charge in [-0.1, -0.05) is 60.2 Å². The molecule has 0 radical (unpaired) electrons. The van der Waals surface area contributed by atoms with E-state index in [2.05, 4.69) is 0 Å². The van der Waals surface area contributed by atoms with Gasteiger partial charge in [0.05, 0.1) is 0 Å². The van der Waals surface area contributed by atoms with Crippen molar-refractivity contribution in [3.05, 3.63) is 71.3 Å². The smallest absolute Gasteiger partial charge is 0.159 e. The second kappa shape index (κ2) is 5.83. The third-order valence-electron chi connectivity index (χ3n) is 2.87. The summed E-state index contributed by atoms with van der Waals surface area (Å²) in [5.74, 6) is 0.0340. The quantitative estimate of drug-likeness (QED) is 0.755. The van der Waals surface area contributed by atoms with E-state index >= 15 is 0 Å². The zero-order valence-electron chi connectivity index (χ0n) is 10.3. The Morgan fingerprint density at radius 3 is 2.28 bits per heavy atom. The Bertz CT molecular complexity index is 517. The van der Waals surface area contributed by atoms with Gasteiger partial charge in [0.2, 0.25) is 0 Å². The van der Waals surface area contributed by atoms with E-state index in [0.29, 0.717) is 6.42 Å². The molecule has 0 spiro atoms. The fourth-order valence-electron chi connectivity index (χ4n) is 1.81. The van der Waals surface area contributed by atoms with Crippen LogP contribution in [0, 0.1) is 6.92 Å². The summed E-state index contributed by atoms with van der Waals surface area (Å²) in [6, 6.07) is 17.4. The topological polar surface area (TPSA) is 17.1 Å². The van der Waals surface area contributed by atoms with Crippen LogP contribution in [0.15, 0.2) is 54.6 Å². The standard InChI is InChI=1S/C16H15ClO/c1-12-7-9-14(10-8-12)16(17)15(18)11-13-5-3-2-4-6-13/h2-10,16H,11H2,1H3. The molecule has 0 heterocycles. The molecule has 0 aromatic heterocycles. The van der Waals surface area contributed by atoms with E-state index in [9.17, 15) is 4.79 Å². The fraction of sp³-hybridized carbons (Fsp3) is 0.188. The van der Waals surface area contributed by atoms with Crippen molar-refractivity contribution < 1.29 is 4.79 Å². The van der Waals surface area contributed by atoms with Gasteiger partial charge in [-0.3, -0.25) is 4.79 Å². The fourth-order valence-corrected chi connectivity index (χ4v) is 2.03. The van der Waals surface area contributed by atoms with Gasteiger partial charge in [0.1, 0.15) is 5.38 Å². The van der Waals surface area contributed by atoms with Crippen LogP contribution in [0.1, 0.15) is 22.1 Å². The van der Waals surface area contributed by atoms with Crippen molar-refractivity contribution in [3.63, 3.8) is 0 Å². The van der Waals surface area contributed by atoms with Crippen LogP contribution in [0.5, 0.6) is 0 Å². The van der Waals surface area contributed by atoms with Gasteiger partial charge >= 0.3 is 0 Å². The van der Waals surface area contributed by atoms with Crippen LogP contribution >= 0.6 is 11.6 Å². The second-order valence-corrected chi connectivity index (χ2v) is 4.84. The predicted octanol–water partition coefficient (Wildman–Crippen LogP) is 4.09. The molecule has 0 bridgehead atoms. The van der Waals surface area contributed by atoms with Gasteiger partial charge in [-0.2, -0.15) is 0 Å². The van der Waals surface area contributed by atoms with Gasteiger partial charge < -0.3 is 0 Å². The average Bonchev–Trinajstić information content (AvgIpc) is 2.40. The molecule has 1 unspecified atom stereocenters. The maximum atomic E-state index is 12.1. The molecule has 0 aliphatic heterocycles. The van der Waals surface area contributed by atoms with Crippen LogP contribution in [0.2, 0.25) is 0 Å². The minimum atomic E-state index is -0.564. The highest BCUT2D eigenvalue weighted by molar-refractivity contribution is 6.31. The molecule has 18 heavy (non-hydrogen) atoms. The number of carbonyl (C=O) groups is 1. The lowest BCUT2D eigenvalue weighted by atomic mass is 10.0. The number of carbonyl (C=O) groups excluding carboxylic acids is 1. The molecule has 2 aromatic carbocycles. The second-order valence-electron chi connectivity index (χ2n) is 4.40. The molecule has 0 aliphatic rings. The molecule has 2 aromatic rings. The largest absolute Gasteiger partial charge is 0.297 e. The highest BCUT2D eigenvalue weighted by Gasteiger charge is 2.17. The van der Waals surface area contributed by atoms with Crippen molar-refractivity contribution in [1.82, 2.24) is 0 Å². The maximum absolute atomic E-state index is 12.1. The number of hydrogen-bond acceptors (Lipinski definition) is 1. The molecule has 0 fully saturated rings. The summed E-state index contributed by atoms with van der Waals surface area (Å²) in [4.78, 5) is 12.1. The summed E-state index contributed by atoms with van der Waals surface area (Å²) in [6.45, 7) is 2.01. The third-order valence-corrected chi connectivity index (χ3v) is 3.37. The molecule has 1 nitrogen and oxygen atoms in total. The molecule has 2 heteroatoms. The van der Waals surface area contributed by atoms with Gasteiger partial charge in [-0.05, 0) is 18.1 Å². The first-order chi connectivity index (χ1) is 8.66. The van der Waals surface area contributed by atoms with Crippen molar-refractivity contribution in [2.24, 2.45) is 0 Å². The van der Waals surface area contributed by atoms with E-state index in [1.165, 1.54) is 0 Å². The highest BCUT2D eigenvalue weighted by Crippen LogP contribution is 2.23. The number of aryl methyl sites for hydroxylation is 1. The van der Waals surface area contributed by atoms with Crippen molar-refractivity contribution in [2.75, 3.05) is 0 Å². The summed E-state index contributed by atoms with van der Waals surface area (Å²) in [6.07, 6.45) is 0.378. The van der Waals surface area contributed by atoms with E-state index < -0.39 is 5.38 Å². The zero-order chi connectivity index (χ0) is 13.0. The zero-order valence-corrected chi connectivity index (χ0v) is 11.0. The molecule has 0 aliphatic carbocycles. The molecule has 1 atom stereocenters. The lowest BCUT2D eigenvalue weighted by molar-refractivity contribution is -0.118. The molecular weight excluding hydrogens is 244 g/mol. The lowest BCUT2D eigenvalue weighted by Crippen LogP contribution is -2.10. The number of rotatable bonds is 4. The normalized spacial score (nSPS) is 12.1. The van der Waals surface area contributed by atoms with Crippen LogP contribution in [-0.2, 0) is 11.2 Å². The third kappa shape index (κ3) is 3.21.